The maximum absolute atomic E-state index is 12.0. The van der Waals surface area contributed by atoms with Crippen LogP contribution in [0.25, 0.3) is 0 Å². The van der Waals surface area contributed by atoms with E-state index in [0.717, 1.165) is 45.6 Å². The highest BCUT2D eigenvalue weighted by atomic mass is 16.5. The number of carbonyl (C=O) groups is 1. The third-order valence-corrected chi connectivity index (χ3v) is 7.15. The van der Waals surface area contributed by atoms with Crippen LogP contribution in [-0.4, -0.2) is 54.6 Å². The van der Waals surface area contributed by atoms with Gasteiger partial charge in [-0.1, -0.05) is 30.3 Å². The van der Waals surface area contributed by atoms with E-state index in [-0.39, 0.29) is 11.4 Å². The lowest BCUT2D eigenvalue weighted by molar-refractivity contribution is -0.153. The molecule has 0 bridgehead atoms. The first kappa shape index (κ1) is 14.0. The summed E-state index contributed by atoms with van der Waals surface area (Å²) in [5.41, 5.74) is 2.00. The summed E-state index contributed by atoms with van der Waals surface area (Å²) in [6.07, 6.45) is 3.36. The summed E-state index contributed by atoms with van der Waals surface area (Å²) in [6.45, 7) is 5.62. The van der Waals surface area contributed by atoms with Crippen LogP contribution in [0.4, 0.5) is 0 Å². The Kier molecular flexibility index (Phi) is 2.66. The van der Waals surface area contributed by atoms with Gasteiger partial charge in [-0.15, -0.1) is 0 Å². The Bertz CT molecular complexity index is 655. The van der Waals surface area contributed by atoms with Crippen LogP contribution in [0.3, 0.4) is 0 Å². The van der Waals surface area contributed by atoms with Gasteiger partial charge in [0.2, 0.25) is 0 Å². The van der Waals surface area contributed by atoms with E-state index in [1.807, 2.05) is 0 Å². The largest absolute Gasteiger partial charge is 0.469 e. The Hall–Kier alpha value is -1.39. The normalized spacial score (nSPS) is 41.4. The highest BCUT2D eigenvalue weighted by molar-refractivity contribution is 5.88. The van der Waals surface area contributed by atoms with Crippen LogP contribution in [0.1, 0.15) is 24.8 Å². The molecule has 1 aliphatic heterocycles. The average Bonchev–Trinajstić information content (AvgIpc) is 3.36. The monoisotopic (exact) mass is 312 g/mol. The van der Waals surface area contributed by atoms with Crippen molar-refractivity contribution in [3.63, 3.8) is 0 Å². The molecule has 1 aromatic carbocycles. The molecule has 3 unspecified atom stereocenters. The minimum Gasteiger partial charge on any atom is -0.469 e. The molecule has 0 aromatic heterocycles. The molecule has 3 atom stereocenters. The van der Waals surface area contributed by atoms with Crippen molar-refractivity contribution < 1.29 is 9.53 Å². The number of hydrogen-bond donors (Lipinski definition) is 0. The first-order chi connectivity index (χ1) is 11.2. The third kappa shape index (κ3) is 1.61. The number of nitrogens with zero attached hydrogens (tertiary/aromatic N) is 2. The van der Waals surface area contributed by atoms with Crippen LogP contribution in [0.5, 0.6) is 0 Å². The Morgan fingerprint density at radius 2 is 1.83 bits per heavy atom. The smallest absolute Gasteiger partial charge is 0.312 e. The van der Waals surface area contributed by atoms with Crippen molar-refractivity contribution in [2.75, 3.05) is 33.3 Å². The first-order valence-corrected chi connectivity index (χ1v) is 8.76. The fraction of sp³-hybridized carbons (Fsp3) is 0.632. The lowest BCUT2D eigenvalue weighted by atomic mass is 9.78. The number of methoxy groups -OCH3 is 1. The summed E-state index contributed by atoms with van der Waals surface area (Å²) in [5.74, 6) is 0.0494. The summed E-state index contributed by atoms with van der Waals surface area (Å²) in [7, 11) is 1.54. The summed E-state index contributed by atoms with van der Waals surface area (Å²) in [5, 5.41) is 0. The van der Waals surface area contributed by atoms with Crippen LogP contribution in [-0.2, 0) is 16.1 Å². The van der Waals surface area contributed by atoms with Gasteiger partial charge in [-0.2, -0.15) is 0 Å². The predicted octanol–water partition coefficient (Wildman–Crippen LogP) is 1.90. The van der Waals surface area contributed by atoms with Crippen molar-refractivity contribution in [3.8, 4) is 0 Å². The summed E-state index contributed by atoms with van der Waals surface area (Å²) in [6, 6.07) is 10.7. The van der Waals surface area contributed by atoms with E-state index in [1.165, 1.54) is 19.1 Å². The van der Waals surface area contributed by atoms with Crippen LogP contribution < -0.4 is 0 Å². The van der Waals surface area contributed by atoms with Gasteiger partial charge in [0, 0.05) is 43.7 Å². The molecule has 1 heterocycles. The predicted molar refractivity (Wildman–Crippen MR) is 86.8 cm³/mol. The lowest BCUT2D eigenvalue weighted by Gasteiger charge is -2.45. The quantitative estimate of drug-likeness (QED) is 0.795. The summed E-state index contributed by atoms with van der Waals surface area (Å²) in [4.78, 5) is 17.3. The SMILES string of the molecule is COC(=O)C12CC3(N4CCN(Cc5ccccc5)CC4)CC13C2. The molecule has 5 rings (SSSR count). The molecule has 4 aliphatic rings. The highest BCUT2D eigenvalue weighted by Gasteiger charge is 3.00. The van der Waals surface area contributed by atoms with Crippen molar-refractivity contribution in [1.82, 2.24) is 9.80 Å². The van der Waals surface area contributed by atoms with Gasteiger partial charge < -0.3 is 4.74 Å². The molecule has 1 spiro atoms. The zero-order chi connectivity index (χ0) is 15.7. The fourth-order valence-electron chi connectivity index (χ4n) is 5.86. The minimum atomic E-state index is -0.0804. The number of ether oxygens (including phenoxy) is 1. The van der Waals surface area contributed by atoms with E-state index in [1.54, 1.807) is 0 Å². The van der Waals surface area contributed by atoms with Gasteiger partial charge in [-0.05, 0) is 24.8 Å². The molecule has 122 valence electrons. The molecular formula is C19H24N2O2. The van der Waals surface area contributed by atoms with E-state index < -0.39 is 0 Å². The van der Waals surface area contributed by atoms with Crippen LogP contribution in [0.15, 0.2) is 30.3 Å². The average molecular weight is 312 g/mol. The third-order valence-electron chi connectivity index (χ3n) is 7.15. The first-order valence-electron chi connectivity index (χ1n) is 8.76. The number of carbonyl (C=O) groups excluding carboxylic acids is 1. The molecule has 3 saturated carbocycles. The van der Waals surface area contributed by atoms with Gasteiger partial charge in [-0.3, -0.25) is 14.6 Å². The lowest BCUT2D eigenvalue weighted by Crippen LogP contribution is -2.56. The second-order valence-electron chi connectivity index (χ2n) is 7.97. The molecular weight excluding hydrogens is 288 g/mol. The Labute approximate surface area is 137 Å². The standard InChI is InChI=1S/C19H24N2O2/c1-23-16(22)17-12-18(17)14-19(18,13-17)21-9-7-20(8-10-21)11-15-5-3-2-4-6-15/h2-6H,7-14H2,1H3. The van der Waals surface area contributed by atoms with E-state index in [4.69, 9.17) is 4.74 Å². The second kappa shape index (κ2) is 4.37. The van der Waals surface area contributed by atoms with E-state index in [0.29, 0.717) is 11.0 Å². The minimum absolute atomic E-state index is 0.0494. The van der Waals surface area contributed by atoms with Crippen LogP contribution in [0.2, 0.25) is 0 Å². The van der Waals surface area contributed by atoms with E-state index in [2.05, 4.69) is 40.1 Å². The molecule has 3 aliphatic carbocycles. The summed E-state index contributed by atoms with van der Waals surface area (Å²) < 4.78 is 5.04. The number of benzene rings is 1. The van der Waals surface area contributed by atoms with Crippen LogP contribution in [0, 0.1) is 10.8 Å². The van der Waals surface area contributed by atoms with Gasteiger partial charge in [0.05, 0.1) is 12.5 Å². The second-order valence-corrected chi connectivity index (χ2v) is 7.97. The van der Waals surface area contributed by atoms with Crippen molar-refractivity contribution in [2.24, 2.45) is 10.8 Å². The molecule has 0 amide bonds. The van der Waals surface area contributed by atoms with Gasteiger partial charge in [0.15, 0.2) is 0 Å². The molecule has 1 saturated heterocycles. The van der Waals surface area contributed by atoms with Gasteiger partial charge in [0.25, 0.3) is 0 Å². The summed E-state index contributed by atoms with van der Waals surface area (Å²) >= 11 is 0. The number of esters is 1. The van der Waals surface area contributed by atoms with E-state index in [9.17, 15) is 4.79 Å². The van der Waals surface area contributed by atoms with Gasteiger partial charge in [0.1, 0.15) is 0 Å². The number of rotatable bonds is 4. The molecule has 1 aromatic rings. The van der Waals surface area contributed by atoms with Crippen LogP contribution >= 0.6 is 0 Å². The molecule has 4 fully saturated rings. The van der Waals surface area contributed by atoms with Crippen molar-refractivity contribution >= 4 is 5.97 Å². The van der Waals surface area contributed by atoms with Gasteiger partial charge in [-0.25, -0.2) is 0 Å². The topological polar surface area (TPSA) is 32.8 Å². The molecule has 4 nitrogen and oxygen atoms in total. The van der Waals surface area contributed by atoms with E-state index >= 15 is 0 Å². The highest BCUT2D eigenvalue weighted by Crippen LogP contribution is 2.97. The Morgan fingerprint density at radius 1 is 1.09 bits per heavy atom. The maximum atomic E-state index is 12.0. The molecule has 23 heavy (non-hydrogen) atoms. The zero-order valence-corrected chi connectivity index (χ0v) is 13.8. The van der Waals surface area contributed by atoms with Crippen molar-refractivity contribution in [3.05, 3.63) is 35.9 Å². The fourth-order valence-corrected chi connectivity index (χ4v) is 5.86. The Morgan fingerprint density at radius 3 is 2.48 bits per heavy atom. The molecule has 0 radical (unpaired) electrons. The van der Waals surface area contributed by atoms with Crippen molar-refractivity contribution in [1.29, 1.82) is 0 Å². The zero-order valence-electron chi connectivity index (χ0n) is 13.8. The maximum Gasteiger partial charge on any atom is 0.312 e. The number of hydrogen-bond acceptors (Lipinski definition) is 4. The van der Waals surface area contributed by atoms with Gasteiger partial charge >= 0.3 is 5.97 Å². The number of piperazine rings is 1. The molecule has 0 N–H and O–H groups in total. The Balaban J connectivity index is 1.19. The van der Waals surface area contributed by atoms with Crippen molar-refractivity contribution in [2.45, 2.75) is 31.3 Å². The molecule has 4 heteroatoms.